The molecule has 0 spiro atoms. The monoisotopic (exact) mass is 293 g/mol. The van der Waals surface area contributed by atoms with Crippen molar-refractivity contribution in [2.24, 2.45) is 5.92 Å². The Kier molecular flexibility index (Phi) is 3.07. The lowest BCUT2D eigenvalue weighted by Crippen LogP contribution is -2.51. The number of carbonyl (C=O) groups excluding carboxylic acids is 1. The van der Waals surface area contributed by atoms with E-state index in [4.69, 9.17) is 0 Å². The number of pyridine rings is 1. The van der Waals surface area contributed by atoms with Crippen molar-refractivity contribution in [1.29, 1.82) is 0 Å². The van der Waals surface area contributed by atoms with Gasteiger partial charge in [0.25, 0.3) is 5.91 Å². The smallest absolute Gasteiger partial charge is 0.273 e. The van der Waals surface area contributed by atoms with Crippen molar-refractivity contribution in [2.45, 2.75) is 6.54 Å². The maximum Gasteiger partial charge on any atom is 0.273 e. The minimum atomic E-state index is 0.00615. The number of nitrogens with zero attached hydrogens (tertiary/aromatic N) is 5. The van der Waals surface area contributed by atoms with Gasteiger partial charge in [0.1, 0.15) is 18.3 Å². The summed E-state index contributed by atoms with van der Waals surface area (Å²) < 4.78 is 1.81. The van der Waals surface area contributed by atoms with Gasteiger partial charge in [0.2, 0.25) is 0 Å². The van der Waals surface area contributed by atoms with Gasteiger partial charge < -0.3 is 4.90 Å². The van der Waals surface area contributed by atoms with E-state index in [1.807, 2.05) is 39.9 Å². The Bertz CT molecular complexity index is 803. The maximum absolute atomic E-state index is 12.6. The van der Waals surface area contributed by atoms with Crippen LogP contribution in [-0.4, -0.2) is 43.6 Å². The van der Waals surface area contributed by atoms with Crippen LogP contribution >= 0.6 is 0 Å². The standard InChI is InChI=1S/C16H15N5O/c22-16(15-14-4-2-1-3-13(14)5-6-18-15)20-7-12(8-20)9-21-11-17-10-19-21/h1-6,10-12H,7-9H2. The summed E-state index contributed by atoms with van der Waals surface area (Å²) in [6, 6.07) is 9.77. The van der Waals surface area contributed by atoms with Gasteiger partial charge in [0, 0.05) is 37.1 Å². The van der Waals surface area contributed by atoms with E-state index in [1.165, 1.54) is 6.33 Å². The fraction of sp³-hybridized carbons (Fsp3) is 0.250. The lowest BCUT2D eigenvalue weighted by Gasteiger charge is -2.39. The van der Waals surface area contributed by atoms with Gasteiger partial charge in [-0.25, -0.2) is 4.98 Å². The number of fused-ring (bicyclic) bond motifs is 1. The summed E-state index contributed by atoms with van der Waals surface area (Å²) in [5, 5.41) is 6.05. The van der Waals surface area contributed by atoms with Crippen molar-refractivity contribution in [3.8, 4) is 0 Å². The number of likely N-dealkylation sites (tertiary alicyclic amines) is 1. The van der Waals surface area contributed by atoms with Gasteiger partial charge >= 0.3 is 0 Å². The number of hydrogen-bond acceptors (Lipinski definition) is 4. The van der Waals surface area contributed by atoms with Crippen LogP contribution in [0.25, 0.3) is 10.8 Å². The number of rotatable bonds is 3. The van der Waals surface area contributed by atoms with E-state index in [9.17, 15) is 4.79 Å². The van der Waals surface area contributed by atoms with Crippen molar-refractivity contribution in [2.75, 3.05) is 13.1 Å². The molecule has 2 aromatic heterocycles. The molecule has 1 amide bonds. The zero-order chi connectivity index (χ0) is 14.9. The Morgan fingerprint density at radius 3 is 2.91 bits per heavy atom. The summed E-state index contributed by atoms with van der Waals surface area (Å²) in [5.41, 5.74) is 0.539. The van der Waals surface area contributed by atoms with Gasteiger partial charge in [-0.3, -0.25) is 14.5 Å². The lowest BCUT2D eigenvalue weighted by atomic mass is 9.99. The summed E-state index contributed by atoms with van der Waals surface area (Å²) in [6.45, 7) is 2.28. The van der Waals surface area contributed by atoms with Gasteiger partial charge in [0.05, 0.1) is 0 Å². The van der Waals surface area contributed by atoms with Crippen LogP contribution in [-0.2, 0) is 6.54 Å². The molecule has 0 bridgehead atoms. The first kappa shape index (κ1) is 12.9. The molecule has 110 valence electrons. The van der Waals surface area contributed by atoms with Crippen LogP contribution in [0.4, 0.5) is 0 Å². The zero-order valence-electron chi connectivity index (χ0n) is 12.0. The normalized spacial score (nSPS) is 15.0. The molecule has 1 saturated heterocycles. The minimum absolute atomic E-state index is 0.00615. The molecule has 3 heterocycles. The lowest BCUT2D eigenvalue weighted by molar-refractivity contribution is 0.0457. The fourth-order valence-electron chi connectivity index (χ4n) is 2.88. The third-order valence-corrected chi connectivity index (χ3v) is 4.03. The molecule has 1 aromatic carbocycles. The average Bonchev–Trinajstić information content (AvgIpc) is 3.02. The molecular weight excluding hydrogens is 278 g/mol. The molecular formula is C16H15N5O. The van der Waals surface area contributed by atoms with E-state index in [2.05, 4.69) is 15.1 Å². The second kappa shape index (κ2) is 5.22. The third kappa shape index (κ3) is 2.22. The van der Waals surface area contributed by atoms with E-state index in [-0.39, 0.29) is 5.91 Å². The zero-order valence-corrected chi connectivity index (χ0v) is 12.0. The number of amides is 1. The number of carbonyl (C=O) groups is 1. The minimum Gasteiger partial charge on any atom is -0.336 e. The van der Waals surface area contributed by atoms with Crippen LogP contribution in [0, 0.1) is 5.92 Å². The molecule has 0 N–H and O–H groups in total. The summed E-state index contributed by atoms with van der Waals surface area (Å²) in [6.07, 6.45) is 4.93. The highest BCUT2D eigenvalue weighted by Gasteiger charge is 2.32. The molecule has 0 unspecified atom stereocenters. The Labute approximate surface area is 127 Å². The third-order valence-electron chi connectivity index (χ3n) is 4.03. The van der Waals surface area contributed by atoms with Gasteiger partial charge in [-0.15, -0.1) is 0 Å². The fourth-order valence-corrected chi connectivity index (χ4v) is 2.88. The van der Waals surface area contributed by atoms with E-state index in [0.717, 1.165) is 30.4 Å². The second-order valence-corrected chi connectivity index (χ2v) is 5.57. The predicted molar refractivity (Wildman–Crippen MR) is 81.2 cm³/mol. The van der Waals surface area contributed by atoms with E-state index < -0.39 is 0 Å². The summed E-state index contributed by atoms with van der Waals surface area (Å²) in [7, 11) is 0. The number of benzene rings is 1. The molecule has 1 aliphatic rings. The summed E-state index contributed by atoms with van der Waals surface area (Å²) in [5.74, 6) is 0.437. The Balaban J connectivity index is 1.49. The van der Waals surface area contributed by atoms with E-state index >= 15 is 0 Å². The molecule has 4 rings (SSSR count). The Hall–Kier alpha value is -2.76. The predicted octanol–water partition coefficient (Wildman–Crippen LogP) is 1.60. The first-order valence-corrected chi connectivity index (χ1v) is 7.27. The first-order chi connectivity index (χ1) is 10.8. The van der Waals surface area contributed by atoms with Crippen molar-refractivity contribution < 1.29 is 4.79 Å². The van der Waals surface area contributed by atoms with Crippen molar-refractivity contribution >= 4 is 16.7 Å². The first-order valence-electron chi connectivity index (χ1n) is 7.27. The van der Waals surface area contributed by atoms with Gasteiger partial charge in [0.15, 0.2) is 0 Å². The highest BCUT2D eigenvalue weighted by molar-refractivity contribution is 6.05. The van der Waals surface area contributed by atoms with Crippen molar-refractivity contribution in [3.63, 3.8) is 0 Å². The van der Waals surface area contributed by atoms with Gasteiger partial charge in [-0.2, -0.15) is 5.10 Å². The van der Waals surface area contributed by atoms with E-state index in [1.54, 1.807) is 12.5 Å². The molecule has 0 atom stereocenters. The van der Waals surface area contributed by atoms with E-state index in [0.29, 0.717) is 11.6 Å². The summed E-state index contributed by atoms with van der Waals surface area (Å²) in [4.78, 5) is 22.7. The van der Waals surface area contributed by atoms with Crippen molar-refractivity contribution in [1.82, 2.24) is 24.6 Å². The molecule has 3 aromatic rings. The Morgan fingerprint density at radius 2 is 2.09 bits per heavy atom. The molecule has 22 heavy (non-hydrogen) atoms. The molecule has 1 fully saturated rings. The SMILES string of the molecule is O=C(c1nccc2ccccc12)N1CC(Cn2cncn2)C1. The van der Waals surface area contributed by atoms with Crippen LogP contribution < -0.4 is 0 Å². The molecule has 6 heteroatoms. The summed E-state index contributed by atoms with van der Waals surface area (Å²) >= 11 is 0. The number of hydrogen-bond donors (Lipinski definition) is 0. The second-order valence-electron chi connectivity index (χ2n) is 5.57. The topological polar surface area (TPSA) is 63.9 Å². The van der Waals surface area contributed by atoms with Gasteiger partial charge in [-0.1, -0.05) is 24.3 Å². The molecule has 0 saturated carbocycles. The van der Waals surface area contributed by atoms with Crippen LogP contribution in [0.5, 0.6) is 0 Å². The number of aromatic nitrogens is 4. The van der Waals surface area contributed by atoms with Crippen LogP contribution in [0.1, 0.15) is 10.5 Å². The quantitative estimate of drug-likeness (QED) is 0.736. The molecule has 0 radical (unpaired) electrons. The highest BCUT2D eigenvalue weighted by atomic mass is 16.2. The van der Waals surface area contributed by atoms with Crippen LogP contribution in [0.3, 0.4) is 0 Å². The average molecular weight is 293 g/mol. The molecule has 0 aliphatic carbocycles. The molecule has 6 nitrogen and oxygen atoms in total. The maximum atomic E-state index is 12.6. The van der Waals surface area contributed by atoms with Crippen LogP contribution in [0.2, 0.25) is 0 Å². The largest absolute Gasteiger partial charge is 0.336 e. The Morgan fingerprint density at radius 1 is 1.23 bits per heavy atom. The molecule has 1 aliphatic heterocycles. The van der Waals surface area contributed by atoms with Crippen LogP contribution in [0.15, 0.2) is 49.2 Å². The highest BCUT2D eigenvalue weighted by Crippen LogP contribution is 2.23. The van der Waals surface area contributed by atoms with Crippen molar-refractivity contribution in [3.05, 3.63) is 54.9 Å². The van der Waals surface area contributed by atoms with Gasteiger partial charge in [-0.05, 0) is 11.5 Å².